The number of benzene rings is 3. The largest absolute Gasteiger partial charge is 0.481 e. The molecule has 5 rings (SSSR count). The molecule has 0 unspecified atom stereocenters. The van der Waals surface area contributed by atoms with E-state index >= 15 is 4.39 Å². The number of hydrogen-bond acceptors (Lipinski definition) is 6. The SMILES string of the molecule is O=C(O)Cc1nnc(Cc2nc3ccc(-c4ccc(-c5ccccc5)cc4)c(F)c3s2)o1. The van der Waals surface area contributed by atoms with E-state index in [1.165, 1.54) is 11.3 Å². The van der Waals surface area contributed by atoms with Gasteiger partial charge in [0.05, 0.1) is 16.6 Å². The Kier molecular flexibility index (Phi) is 5.20. The van der Waals surface area contributed by atoms with Gasteiger partial charge < -0.3 is 9.52 Å². The van der Waals surface area contributed by atoms with E-state index in [9.17, 15) is 4.79 Å². The third kappa shape index (κ3) is 4.00. The third-order valence-electron chi connectivity index (χ3n) is 4.96. The molecule has 0 fully saturated rings. The van der Waals surface area contributed by atoms with Crippen molar-refractivity contribution in [1.29, 1.82) is 0 Å². The number of nitrogens with zero attached hydrogens (tertiary/aromatic N) is 3. The van der Waals surface area contributed by atoms with Crippen LogP contribution in [0.15, 0.2) is 71.1 Å². The predicted molar refractivity (Wildman–Crippen MR) is 119 cm³/mol. The molecule has 2 aromatic heterocycles. The molecule has 0 atom stereocenters. The molecule has 0 amide bonds. The number of fused-ring (bicyclic) bond motifs is 1. The topological polar surface area (TPSA) is 89.1 Å². The normalized spacial score (nSPS) is 11.2. The van der Waals surface area contributed by atoms with Gasteiger partial charge in [-0.05, 0) is 28.8 Å². The van der Waals surface area contributed by atoms with Crippen molar-refractivity contribution in [1.82, 2.24) is 15.2 Å². The molecule has 32 heavy (non-hydrogen) atoms. The molecule has 0 aliphatic rings. The molecule has 3 aromatic carbocycles. The highest BCUT2D eigenvalue weighted by atomic mass is 32.1. The molecule has 0 saturated heterocycles. The second kappa shape index (κ2) is 8.32. The molecule has 5 aromatic rings. The Morgan fingerprint density at radius 1 is 0.906 bits per heavy atom. The van der Waals surface area contributed by atoms with Gasteiger partial charge in [-0.25, -0.2) is 9.37 Å². The summed E-state index contributed by atoms with van der Waals surface area (Å²) in [7, 11) is 0. The van der Waals surface area contributed by atoms with Gasteiger partial charge in [-0.15, -0.1) is 21.5 Å². The van der Waals surface area contributed by atoms with E-state index in [1.54, 1.807) is 12.1 Å². The van der Waals surface area contributed by atoms with Crippen LogP contribution in [0.25, 0.3) is 32.5 Å². The van der Waals surface area contributed by atoms with Crippen LogP contribution in [0.1, 0.15) is 16.8 Å². The zero-order valence-electron chi connectivity index (χ0n) is 16.7. The van der Waals surface area contributed by atoms with Gasteiger partial charge in [-0.1, -0.05) is 54.6 Å². The number of carbonyl (C=O) groups is 1. The van der Waals surface area contributed by atoms with E-state index in [-0.39, 0.29) is 30.4 Å². The summed E-state index contributed by atoms with van der Waals surface area (Å²) < 4.78 is 21.1. The molecule has 0 aliphatic carbocycles. The Labute approximate surface area is 186 Å². The van der Waals surface area contributed by atoms with E-state index in [0.717, 1.165) is 16.7 Å². The first-order chi connectivity index (χ1) is 15.6. The van der Waals surface area contributed by atoms with E-state index < -0.39 is 5.97 Å². The van der Waals surface area contributed by atoms with Crippen LogP contribution in [-0.4, -0.2) is 26.3 Å². The summed E-state index contributed by atoms with van der Waals surface area (Å²) >= 11 is 1.22. The maximum atomic E-state index is 15.3. The third-order valence-corrected chi connectivity index (χ3v) is 6.02. The monoisotopic (exact) mass is 445 g/mol. The van der Waals surface area contributed by atoms with Crippen LogP contribution in [0.5, 0.6) is 0 Å². The quantitative estimate of drug-likeness (QED) is 0.378. The van der Waals surface area contributed by atoms with Crippen molar-refractivity contribution in [3.63, 3.8) is 0 Å². The fourth-order valence-corrected chi connectivity index (χ4v) is 4.46. The number of carboxylic acids is 1. The van der Waals surface area contributed by atoms with Crippen molar-refractivity contribution in [3.8, 4) is 22.3 Å². The maximum Gasteiger partial charge on any atom is 0.312 e. The van der Waals surface area contributed by atoms with Gasteiger partial charge in [0.15, 0.2) is 0 Å². The molecule has 0 aliphatic heterocycles. The first-order valence-corrected chi connectivity index (χ1v) is 10.7. The minimum absolute atomic E-state index is 0.0287. The van der Waals surface area contributed by atoms with Crippen molar-refractivity contribution in [2.45, 2.75) is 12.8 Å². The summed E-state index contributed by atoms with van der Waals surface area (Å²) in [5.74, 6) is -1.10. The summed E-state index contributed by atoms with van der Waals surface area (Å²) in [6, 6.07) is 21.3. The molecule has 158 valence electrons. The molecule has 8 heteroatoms. The molecule has 1 N–H and O–H groups in total. The molecule has 0 bridgehead atoms. The van der Waals surface area contributed by atoms with E-state index in [2.05, 4.69) is 15.2 Å². The highest BCUT2D eigenvalue weighted by molar-refractivity contribution is 7.18. The average molecular weight is 445 g/mol. The van der Waals surface area contributed by atoms with Gasteiger partial charge in [0.1, 0.15) is 17.2 Å². The first kappa shape index (κ1) is 20.0. The fraction of sp³-hybridized carbons (Fsp3) is 0.0833. The number of aliphatic carboxylic acids is 1. The lowest BCUT2D eigenvalue weighted by molar-refractivity contribution is -0.136. The number of rotatable bonds is 6. The van der Waals surface area contributed by atoms with Gasteiger partial charge in [0.2, 0.25) is 11.8 Å². The van der Waals surface area contributed by atoms with Crippen LogP contribution in [0.4, 0.5) is 4.39 Å². The first-order valence-electron chi connectivity index (χ1n) is 9.83. The summed E-state index contributed by atoms with van der Waals surface area (Å²) in [6.07, 6.45) is -0.125. The Hall–Kier alpha value is -3.91. The molecule has 0 saturated carbocycles. The van der Waals surface area contributed by atoms with Crippen LogP contribution in [0.2, 0.25) is 0 Å². The van der Waals surface area contributed by atoms with Crippen molar-refractivity contribution < 1.29 is 18.7 Å². The Morgan fingerprint density at radius 3 is 2.34 bits per heavy atom. The highest BCUT2D eigenvalue weighted by Crippen LogP contribution is 2.34. The lowest BCUT2D eigenvalue weighted by Gasteiger charge is -2.06. The molecular formula is C24H16FN3O3S. The Bertz CT molecular complexity index is 1410. The van der Waals surface area contributed by atoms with Crippen molar-refractivity contribution >= 4 is 27.5 Å². The summed E-state index contributed by atoms with van der Waals surface area (Å²) in [5.41, 5.74) is 4.02. The fourth-order valence-electron chi connectivity index (χ4n) is 3.47. The second-order valence-corrected chi connectivity index (χ2v) is 8.25. The lowest BCUT2D eigenvalue weighted by atomic mass is 10.00. The van der Waals surface area contributed by atoms with Crippen LogP contribution in [-0.2, 0) is 17.6 Å². The maximum absolute atomic E-state index is 15.3. The standard InChI is InChI=1S/C24H16FN3O3S/c25-23-17(16-8-6-15(7-9-16)14-4-2-1-3-5-14)10-11-18-24(23)32-21(26-18)12-19-27-28-20(31-19)13-22(29)30/h1-11H,12-13H2,(H,29,30). The Balaban J connectivity index is 1.41. The van der Waals surface area contributed by atoms with Gasteiger partial charge in [-0.2, -0.15) is 0 Å². The van der Waals surface area contributed by atoms with Gasteiger partial charge in [0.25, 0.3) is 0 Å². The Morgan fingerprint density at radius 2 is 1.59 bits per heavy atom. The zero-order valence-corrected chi connectivity index (χ0v) is 17.5. The van der Waals surface area contributed by atoms with Crippen LogP contribution < -0.4 is 0 Å². The smallest absolute Gasteiger partial charge is 0.312 e. The number of thiazole rings is 1. The second-order valence-electron chi connectivity index (χ2n) is 7.16. The molecule has 0 spiro atoms. The van der Waals surface area contributed by atoms with Crippen LogP contribution in [0.3, 0.4) is 0 Å². The van der Waals surface area contributed by atoms with Crippen LogP contribution in [0, 0.1) is 5.82 Å². The number of hydrogen-bond donors (Lipinski definition) is 1. The van der Waals surface area contributed by atoms with Crippen molar-refractivity contribution in [2.24, 2.45) is 0 Å². The number of carboxylic acid groups (broad SMARTS) is 1. The van der Waals surface area contributed by atoms with E-state index in [4.69, 9.17) is 9.52 Å². The minimum atomic E-state index is -1.05. The van der Waals surface area contributed by atoms with Crippen LogP contribution >= 0.6 is 11.3 Å². The highest BCUT2D eigenvalue weighted by Gasteiger charge is 2.16. The minimum Gasteiger partial charge on any atom is -0.481 e. The molecular weight excluding hydrogens is 429 g/mol. The number of aromatic nitrogens is 3. The predicted octanol–water partition coefficient (Wildman–Crippen LogP) is 5.37. The lowest BCUT2D eigenvalue weighted by Crippen LogP contribution is -1.99. The summed E-state index contributed by atoms with van der Waals surface area (Å²) in [4.78, 5) is 15.2. The van der Waals surface area contributed by atoms with Crippen molar-refractivity contribution in [3.05, 3.63) is 89.3 Å². The molecule has 0 radical (unpaired) electrons. The summed E-state index contributed by atoms with van der Waals surface area (Å²) in [6.45, 7) is 0. The van der Waals surface area contributed by atoms with Gasteiger partial charge >= 0.3 is 5.97 Å². The van der Waals surface area contributed by atoms with Gasteiger partial charge in [-0.3, -0.25) is 4.79 Å². The average Bonchev–Trinajstić information content (AvgIpc) is 3.41. The van der Waals surface area contributed by atoms with E-state index in [1.807, 2.05) is 54.6 Å². The molecule has 2 heterocycles. The zero-order chi connectivity index (χ0) is 22.1. The van der Waals surface area contributed by atoms with Crippen molar-refractivity contribution in [2.75, 3.05) is 0 Å². The number of halogens is 1. The van der Waals surface area contributed by atoms with E-state index in [0.29, 0.717) is 20.8 Å². The summed E-state index contributed by atoms with van der Waals surface area (Å²) in [5, 5.41) is 17.0. The molecule has 6 nitrogen and oxygen atoms in total. The van der Waals surface area contributed by atoms with Gasteiger partial charge in [0, 0.05) is 5.56 Å².